The number of rotatable bonds is 6. The van der Waals surface area contributed by atoms with Gasteiger partial charge in [-0.2, -0.15) is 0 Å². The van der Waals surface area contributed by atoms with Gasteiger partial charge >= 0.3 is 0 Å². The fraction of sp³-hybridized carbons (Fsp3) is 0.333. The van der Waals surface area contributed by atoms with E-state index < -0.39 is 0 Å². The lowest BCUT2D eigenvalue weighted by Gasteiger charge is -2.18. The van der Waals surface area contributed by atoms with Crippen LogP contribution in [0.4, 0.5) is 5.13 Å². The van der Waals surface area contributed by atoms with Gasteiger partial charge in [0.05, 0.1) is 23.0 Å². The first-order chi connectivity index (χ1) is 11.2. The van der Waals surface area contributed by atoms with E-state index in [2.05, 4.69) is 19.1 Å². The predicted octanol–water partition coefficient (Wildman–Crippen LogP) is 4.79. The quantitative estimate of drug-likeness (QED) is 0.654. The van der Waals surface area contributed by atoms with Gasteiger partial charge in [0, 0.05) is 6.42 Å². The monoisotopic (exact) mass is 328 g/mol. The molecule has 0 spiro atoms. The van der Waals surface area contributed by atoms with Crippen molar-refractivity contribution in [3.63, 3.8) is 0 Å². The van der Waals surface area contributed by atoms with E-state index in [4.69, 9.17) is 9.40 Å². The van der Waals surface area contributed by atoms with E-state index in [1.807, 2.05) is 25.1 Å². The molecule has 0 bridgehead atoms. The fourth-order valence-corrected chi connectivity index (χ4v) is 3.59. The largest absolute Gasteiger partial charge is 0.467 e. The Morgan fingerprint density at radius 1 is 1.26 bits per heavy atom. The number of carbonyl (C=O) groups excluding carboxylic acids is 1. The molecule has 120 valence electrons. The molecule has 0 unspecified atom stereocenters. The summed E-state index contributed by atoms with van der Waals surface area (Å²) in [5, 5.41) is 0.746. The normalized spacial score (nSPS) is 11.0. The Morgan fingerprint density at radius 2 is 2.13 bits per heavy atom. The van der Waals surface area contributed by atoms with Crippen molar-refractivity contribution in [1.82, 2.24) is 4.98 Å². The zero-order chi connectivity index (χ0) is 16.2. The van der Waals surface area contributed by atoms with Crippen molar-refractivity contribution in [3.05, 3.63) is 47.9 Å². The van der Waals surface area contributed by atoms with E-state index in [-0.39, 0.29) is 5.91 Å². The average molecular weight is 328 g/mol. The lowest BCUT2D eigenvalue weighted by Crippen LogP contribution is -2.29. The minimum atomic E-state index is 0.0843. The van der Waals surface area contributed by atoms with Gasteiger partial charge in [-0.15, -0.1) is 0 Å². The third-order valence-corrected chi connectivity index (χ3v) is 4.81. The van der Waals surface area contributed by atoms with Crippen molar-refractivity contribution >= 4 is 32.6 Å². The van der Waals surface area contributed by atoms with Crippen LogP contribution in [0.2, 0.25) is 0 Å². The number of hydrogen-bond donors (Lipinski definition) is 0. The lowest BCUT2D eigenvalue weighted by molar-refractivity contribution is -0.118. The molecule has 5 heteroatoms. The minimum Gasteiger partial charge on any atom is -0.467 e. The van der Waals surface area contributed by atoms with Gasteiger partial charge in [-0.25, -0.2) is 4.98 Å². The van der Waals surface area contributed by atoms with Crippen LogP contribution in [0.15, 0.2) is 41.0 Å². The van der Waals surface area contributed by atoms with Crippen LogP contribution in [0.25, 0.3) is 10.2 Å². The molecule has 0 saturated heterocycles. The summed E-state index contributed by atoms with van der Waals surface area (Å²) < 4.78 is 6.53. The fourth-order valence-electron chi connectivity index (χ4n) is 2.56. The van der Waals surface area contributed by atoms with E-state index in [0.717, 1.165) is 34.0 Å². The summed E-state index contributed by atoms with van der Waals surface area (Å²) in [4.78, 5) is 19.0. The van der Waals surface area contributed by atoms with Gasteiger partial charge < -0.3 is 4.42 Å². The van der Waals surface area contributed by atoms with Crippen LogP contribution in [-0.4, -0.2) is 10.9 Å². The molecule has 0 atom stereocenters. The molecule has 1 aromatic carbocycles. The third-order valence-electron chi connectivity index (χ3n) is 3.76. The SMILES string of the molecule is CCCC(=O)N(Cc1ccco1)c1nc2c(CC)cccc2s1. The molecular formula is C18H20N2O2S. The van der Waals surface area contributed by atoms with Crippen LogP contribution in [0.5, 0.6) is 0 Å². The number of para-hydroxylation sites is 1. The lowest BCUT2D eigenvalue weighted by atomic mass is 10.1. The molecule has 0 aliphatic rings. The van der Waals surface area contributed by atoms with Crippen molar-refractivity contribution in [2.75, 3.05) is 4.90 Å². The van der Waals surface area contributed by atoms with Crippen LogP contribution in [0.3, 0.4) is 0 Å². The van der Waals surface area contributed by atoms with Crippen molar-refractivity contribution in [2.45, 2.75) is 39.7 Å². The third kappa shape index (κ3) is 3.29. The second-order valence-corrected chi connectivity index (χ2v) is 6.43. The molecule has 2 heterocycles. The first-order valence-corrected chi connectivity index (χ1v) is 8.75. The van der Waals surface area contributed by atoms with Crippen molar-refractivity contribution in [1.29, 1.82) is 0 Å². The van der Waals surface area contributed by atoms with Gasteiger partial charge in [0.1, 0.15) is 5.76 Å². The van der Waals surface area contributed by atoms with E-state index in [1.165, 1.54) is 5.56 Å². The van der Waals surface area contributed by atoms with Crippen LogP contribution in [0, 0.1) is 0 Å². The van der Waals surface area contributed by atoms with Crippen molar-refractivity contribution in [3.8, 4) is 0 Å². The molecule has 0 aliphatic heterocycles. The van der Waals surface area contributed by atoms with E-state index in [1.54, 1.807) is 22.5 Å². The summed E-state index contributed by atoms with van der Waals surface area (Å²) in [7, 11) is 0. The predicted molar refractivity (Wildman–Crippen MR) is 93.8 cm³/mol. The van der Waals surface area contributed by atoms with Crippen molar-refractivity contribution in [2.24, 2.45) is 0 Å². The van der Waals surface area contributed by atoms with Gasteiger partial charge in [0.15, 0.2) is 5.13 Å². The number of hydrogen-bond acceptors (Lipinski definition) is 4. The Morgan fingerprint density at radius 3 is 2.83 bits per heavy atom. The summed E-state index contributed by atoms with van der Waals surface area (Å²) in [6, 6.07) is 9.93. The molecule has 0 aliphatic carbocycles. The Balaban J connectivity index is 2.00. The number of anilines is 1. The number of carbonyl (C=O) groups is 1. The summed E-state index contributed by atoms with van der Waals surface area (Å²) in [5.74, 6) is 0.852. The Hall–Kier alpha value is -2.14. The first kappa shape index (κ1) is 15.7. The maximum absolute atomic E-state index is 12.6. The van der Waals surface area contributed by atoms with E-state index >= 15 is 0 Å². The minimum absolute atomic E-state index is 0.0843. The number of aromatic nitrogens is 1. The number of fused-ring (bicyclic) bond motifs is 1. The van der Waals surface area contributed by atoms with Crippen LogP contribution in [-0.2, 0) is 17.8 Å². The molecule has 0 radical (unpaired) electrons. The topological polar surface area (TPSA) is 46.3 Å². The van der Waals surface area contributed by atoms with E-state index in [9.17, 15) is 4.79 Å². The molecular weight excluding hydrogens is 308 g/mol. The standard InChI is InChI=1S/C18H20N2O2S/c1-3-7-16(21)20(12-14-9-6-11-22-14)18-19-17-13(4-2)8-5-10-15(17)23-18/h5-6,8-11H,3-4,7,12H2,1-2H3. The zero-order valence-electron chi connectivity index (χ0n) is 13.4. The molecule has 3 rings (SSSR count). The van der Waals surface area contributed by atoms with Gasteiger partial charge in [0.2, 0.25) is 5.91 Å². The number of benzene rings is 1. The average Bonchev–Trinajstić information content (AvgIpc) is 3.21. The summed E-state index contributed by atoms with van der Waals surface area (Å²) in [6.07, 6.45) is 3.89. The maximum atomic E-state index is 12.6. The van der Waals surface area contributed by atoms with Gasteiger partial charge in [0.25, 0.3) is 0 Å². The number of amides is 1. The highest BCUT2D eigenvalue weighted by Gasteiger charge is 2.21. The first-order valence-electron chi connectivity index (χ1n) is 7.94. The van der Waals surface area contributed by atoms with Gasteiger partial charge in [-0.1, -0.05) is 37.3 Å². The van der Waals surface area contributed by atoms with Crippen molar-refractivity contribution < 1.29 is 9.21 Å². The molecule has 2 aromatic heterocycles. The maximum Gasteiger partial charge on any atom is 0.229 e. The number of aryl methyl sites for hydroxylation is 1. The Labute approximate surface area is 139 Å². The highest BCUT2D eigenvalue weighted by atomic mass is 32.1. The van der Waals surface area contributed by atoms with Crippen LogP contribution >= 0.6 is 11.3 Å². The number of nitrogens with zero attached hydrogens (tertiary/aromatic N) is 2. The summed E-state index contributed by atoms with van der Waals surface area (Å²) in [6.45, 7) is 4.56. The zero-order valence-corrected chi connectivity index (χ0v) is 14.2. The molecule has 23 heavy (non-hydrogen) atoms. The molecule has 3 aromatic rings. The van der Waals surface area contributed by atoms with Crippen LogP contribution < -0.4 is 4.90 Å². The van der Waals surface area contributed by atoms with Gasteiger partial charge in [-0.05, 0) is 36.6 Å². The second kappa shape index (κ2) is 6.96. The summed E-state index contributed by atoms with van der Waals surface area (Å²) >= 11 is 1.56. The number of thiazole rings is 1. The second-order valence-electron chi connectivity index (χ2n) is 5.42. The molecule has 1 amide bonds. The van der Waals surface area contributed by atoms with Crippen LogP contribution in [0.1, 0.15) is 38.0 Å². The molecule has 0 fully saturated rings. The highest BCUT2D eigenvalue weighted by Crippen LogP contribution is 2.32. The summed E-state index contributed by atoms with van der Waals surface area (Å²) in [5.41, 5.74) is 2.22. The molecule has 0 saturated carbocycles. The molecule has 4 nitrogen and oxygen atoms in total. The van der Waals surface area contributed by atoms with E-state index in [0.29, 0.717) is 13.0 Å². The van der Waals surface area contributed by atoms with Gasteiger partial charge in [-0.3, -0.25) is 9.69 Å². The molecule has 0 N–H and O–H groups in total. The Kier molecular flexibility index (Phi) is 4.76. The Bertz CT molecular complexity index is 793. The smallest absolute Gasteiger partial charge is 0.229 e. The number of furan rings is 1. The highest BCUT2D eigenvalue weighted by molar-refractivity contribution is 7.22.